The van der Waals surface area contributed by atoms with Gasteiger partial charge in [0.1, 0.15) is 29.8 Å². The summed E-state index contributed by atoms with van der Waals surface area (Å²) in [5.74, 6) is 1.71. The van der Waals surface area contributed by atoms with Gasteiger partial charge in [0.25, 0.3) is 0 Å². The Balaban J connectivity index is 0.00000341. The van der Waals surface area contributed by atoms with E-state index in [1.54, 1.807) is 30.9 Å². The van der Waals surface area contributed by atoms with Crippen molar-refractivity contribution in [3.05, 3.63) is 72.7 Å². The van der Waals surface area contributed by atoms with Gasteiger partial charge in [-0.3, -0.25) is 4.57 Å². The predicted octanol–water partition coefficient (Wildman–Crippen LogP) is 3.94. The summed E-state index contributed by atoms with van der Waals surface area (Å²) in [6.45, 7) is 5.84. The largest absolute Gasteiger partial charge is 0.489 e. The second-order valence-corrected chi connectivity index (χ2v) is 6.67. The Labute approximate surface area is 199 Å². The average molecular weight is 538 g/mol. The number of hydrogen-bond donors (Lipinski definition) is 2. The molecule has 1 unspecified atom stereocenters. The lowest BCUT2D eigenvalue weighted by molar-refractivity contribution is 0.198. The van der Waals surface area contributed by atoms with Gasteiger partial charge in [-0.05, 0) is 43.2 Å². The quantitative estimate of drug-likeness (QED) is 0.245. The molecular formula is C22H28FIN6O. The number of nitrogens with one attached hydrogen (secondary N) is 2. The van der Waals surface area contributed by atoms with Gasteiger partial charge in [-0.15, -0.1) is 24.0 Å². The number of ether oxygens (including phenoxy) is 1. The van der Waals surface area contributed by atoms with Crippen molar-refractivity contribution in [2.24, 2.45) is 4.99 Å². The molecule has 3 aromatic rings. The number of hydrogen-bond acceptors (Lipinski definition) is 4. The molecule has 1 atom stereocenters. The molecule has 0 aliphatic heterocycles. The zero-order chi connectivity index (χ0) is 21.2. The molecule has 0 aliphatic carbocycles. The van der Waals surface area contributed by atoms with Crippen LogP contribution in [0.2, 0.25) is 0 Å². The minimum Gasteiger partial charge on any atom is -0.489 e. The number of rotatable bonds is 9. The number of aliphatic imine (C=N–C) groups is 1. The summed E-state index contributed by atoms with van der Waals surface area (Å²) >= 11 is 0. The lowest BCUT2D eigenvalue weighted by atomic mass is 10.2. The van der Waals surface area contributed by atoms with E-state index in [2.05, 4.69) is 25.6 Å². The lowest BCUT2D eigenvalue weighted by Gasteiger charge is -2.20. The van der Waals surface area contributed by atoms with Gasteiger partial charge in [-0.2, -0.15) is 0 Å². The van der Waals surface area contributed by atoms with Crippen LogP contribution >= 0.6 is 24.0 Å². The van der Waals surface area contributed by atoms with Crippen molar-refractivity contribution >= 4 is 29.9 Å². The number of halogens is 2. The number of benzene rings is 1. The molecule has 2 N–H and O–H groups in total. The Morgan fingerprint density at radius 1 is 1.19 bits per heavy atom. The van der Waals surface area contributed by atoms with Crippen LogP contribution in [-0.2, 0) is 6.54 Å². The van der Waals surface area contributed by atoms with E-state index in [9.17, 15) is 4.39 Å². The summed E-state index contributed by atoms with van der Waals surface area (Å²) in [7, 11) is 0. The molecule has 1 aromatic carbocycles. The summed E-state index contributed by atoms with van der Waals surface area (Å²) in [6.07, 6.45) is 7.72. The van der Waals surface area contributed by atoms with Gasteiger partial charge < -0.3 is 15.4 Å². The fourth-order valence-electron chi connectivity index (χ4n) is 2.82. The first-order valence-electron chi connectivity index (χ1n) is 10.1. The Morgan fingerprint density at radius 2 is 2.06 bits per heavy atom. The molecule has 9 heteroatoms. The van der Waals surface area contributed by atoms with Gasteiger partial charge in [0, 0.05) is 31.2 Å². The Kier molecular flexibility index (Phi) is 10.2. The fourth-order valence-corrected chi connectivity index (χ4v) is 2.82. The van der Waals surface area contributed by atoms with Gasteiger partial charge in [0.05, 0.1) is 13.1 Å². The third kappa shape index (κ3) is 7.82. The maximum Gasteiger partial charge on any atom is 0.191 e. The molecule has 0 fully saturated rings. The van der Waals surface area contributed by atoms with Crippen LogP contribution in [0.25, 0.3) is 5.82 Å². The highest BCUT2D eigenvalue weighted by Crippen LogP contribution is 2.14. The van der Waals surface area contributed by atoms with Crippen molar-refractivity contribution in [1.29, 1.82) is 0 Å². The summed E-state index contributed by atoms with van der Waals surface area (Å²) in [6, 6.07) is 10.1. The molecular weight excluding hydrogens is 510 g/mol. The molecule has 3 rings (SSSR count). The Morgan fingerprint density at radius 3 is 2.77 bits per heavy atom. The van der Waals surface area contributed by atoms with Gasteiger partial charge in [-0.1, -0.05) is 13.0 Å². The second-order valence-electron chi connectivity index (χ2n) is 6.67. The number of nitrogens with zero attached hydrogens (tertiary/aromatic N) is 4. The van der Waals surface area contributed by atoms with Crippen molar-refractivity contribution in [2.45, 2.75) is 32.9 Å². The van der Waals surface area contributed by atoms with E-state index >= 15 is 0 Å². The number of imidazole rings is 1. The van der Waals surface area contributed by atoms with Crippen molar-refractivity contribution in [2.75, 3.05) is 13.1 Å². The van der Waals surface area contributed by atoms with Crippen LogP contribution in [0.4, 0.5) is 4.39 Å². The van der Waals surface area contributed by atoms with Crippen LogP contribution in [0.3, 0.4) is 0 Å². The van der Waals surface area contributed by atoms with E-state index < -0.39 is 0 Å². The molecule has 2 heterocycles. The molecule has 0 saturated carbocycles. The standard InChI is InChI=1S/C22H27FN6O.HI/c1-3-19(30-20-7-5-6-18(23)13-20)15-28-22(25-4-2)27-14-17-8-9-26-21(12-17)29-11-10-24-16-29;/h5-13,16,19H,3-4,14-15H2,1-2H3,(H2,25,27,28);1H. The SMILES string of the molecule is CCNC(=NCc1ccnc(-n2ccnc2)c1)NCC(CC)Oc1cccc(F)c1.I. The first kappa shape index (κ1) is 24.6. The van der Waals surface area contributed by atoms with E-state index in [0.29, 0.717) is 24.8 Å². The first-order valence-corrected chi connectivity index (χ1v) is 10.1. The zero-order valence-electron chi connectivity index (χ0n) is 17.7. The van der Waals surface area contributed by atoms with Crippen LogP contribution in [0.5, 0.6) is 5.75 Å². The van der Waals surface area contributed by atoms with Crippen molar-refractivity contribution in [1.82, 2.24) is 25.2 Å². The maximum absolute atomic E-state index is 13.4. The molecule has 31 heavy (non-hydrogen) atoms. The summed E-state index contributed by atoms with van der Waals surface area (Å²) in [5.41, 5.74) is 1.04. The Hall–Kier alpha value is -2.69. The maximum atomic E-state index is 13.4. The third-order valence-corrected chi connectivity index (χ3v) is 4.39. The molecule has 0 aliphatic rings. The first-order chi connectivity index (χ1) is 14.7. The molecule has 0 bridgehead atoms. The predicted molar refractivity (Wildman–Crippen MR) is 131 cm³/mol. The van der Waals surface area contributed by atoms with E-state index in [4.69, 9.17) is 4.74 Å². The molecule has 2 aromatic heterocycles. The number of pyridine rings is 1. The zero-order valence-corrected chi connectivity index (χ0v) is 20.0. The molecule has 0 spiro atoms. The van der Waals surface area contributed by atoms with E-state index in [1.165, 1.54) is 12.1 Å². The number of aromatic nitrogens is 3. The molecule has 166 valence electrons. The fraction of sp³-hybridized carbons (Fsp3) is 0.318. The van der Waals surface area contributed by atoms with E-state index in [1.807, 2.05) is 36.7 Å². The normalized spacial score (nSPS) is 12.0. The summed E-state index contributed by atoms with van der Waals surface area (Å²) < 4.78 is 21.1. The van der Waals surface area contributed by atoms with Crippen LogP contribution in [0.1, 0.15) is 25.8 Å². The molecule has 0 amide bonds. The van der Waals surface area contributed by atoms with E-state index in [-0.39, 0.29) is 35.9 Å². The highest BCUT2D eigenvalue weighted by molar-refractivity contribution is 14.0. The van der Waals surface area contributed by atoms with Gasteiger partial charge in [-0.25, -0.2) is 19.4 Å². The highest BCUT2D eigenvalue weighted by Gasteiger charge is 2.10. The minimum absolute atomic E-state index is 0. The van der Waals surface area contributed by atoms with Crippen molar-refractivity contribution < 1.29 is 9.13 Å². The van der Waals surface area contributed by atoms with Crippen LogP contribution < -0.4 is 15.4 Å². The topological polar surface area (TPSA) is 76.4 Å². The monoisotopic (exact) mass is 538 g/mol. The van der Waals surface area contributed by atoms with Crippen LogP contribution in [0.15, 0.2) is 66.3 Å². The van der Waals surface area contributed by atoms with Gasteiger partial charge in [0.15, 0.2) is 5.96 Å². The lowest BCUT2D eigenvalue weighted by Crippen LogP contribution is -2.42. The molecule has 0 radical (unpaired) electrons. The smallest absolute Gasteiger partial charge is 0.191 e. The molecule has 7 nitrogen and oxygen atoms in total. The summed E-state index contributed by atoms with van der Waals surface area (Å²) in [5, 5.41) is 6.55. The second kappa shape index (κ2) is 12.9. The van der Waals surface area contributed by atoms with E-state index in [0.717, 1.165) is 24.3 Å². The van der Waals surface area contributed by atoms with Crippen molar-refractivity contribution in [3.8, 4) is 11.6 Å². The number of guanidine groups is 1. The molecule has 0 saturated heterocycles. The van der Waals surface area contributed by atoms with Gasteiger partial charge >= 0.3 is 0 Å². The van der Waals surface area contributed by atoms with Crippen LogP contribution in [0, 0.1) is 5.82 Å². The minimum atomic E-state index is -0.308. The summed E-state index contributed by atoms with van der Waals surface area (Å²) in [4.78, 5) is 13.1. The van der Waals surface area contributed by atoms with Gasteiger partial charge in [0.2, 0.25) is 0 Å². The van der Waals surface area contributed by atoms with Crippen molar-refractivity contribution in [3.63, 3.8) is 0 Å². The third-order valence-electron chi connectivity index (χ3n) is 4.39. The average Bonchev–Trinajstić information content (AvgIpc) is 3.30. The highest BCUT2D eigenvalue weighted by atomic mass is 127. The van der Waals surface area contributed by atoms with Crippen LogP contribution in [-0.4, -0.2) is 39.7 Å². The Bertz CT molecular complexity index is 951.